The Labute approximate surface area is 244 Å². The number of aromatic nitrogens is 3. The van der Waals surface area contributed by atoms with Crippen LogP contribution in [-0.2, 0) is 6.18 Å². The van der Waals surface area contributed by atoms with E-state index in [1.165, 1.54) is 22.9 Å². The number of carbonyl (C=O) groups is 1. The van der Waals surface area contributed by atoms with Crippen molar-refractivity contribution in [2.75, 3.05) is 24.7 Å². The minimum atomic E-state index is -4.85. The van der Waals surface area contributed by atoms with E-state index in [9.17, 15) is 26.7 Å². The summed E-state index contributed by atoms with van der Waals surface area (Å²) in [5.74, 6) is -2.14. The van der Waals surface area contributed by atoms with Crippen LogP contribution in [0.25, 0.3) is 16.9 Å². The van der Waals surface area contributed by atoms with Gasteiger partial charge in [0, 0.05) is 48.0 Å². The van der Waals surface area contributed by atoms with Crippen molar-refractivity contribution in [1.29, 1.82) is 0 Å². The topological polar surface area (TPSA) is 66.3 Å². The number of pyridine rings is 1. The maximum absolute atomic E-state index is 14.5. The lowest BCUT2D eigenvalue weighted by Crippen LogP contribution is -2.54. The largest absolute Gasteiger partial charge is 0.419 e. The number of hydrogen-bond acceptors (Lipinski definition) is 5. The summed E-state index contributed by atoms with van der Waals surface area (Å²) in [6.07, 6.45) is -2.18. The molecule has 2 aromatic carbocycles. The van der Waals surface area contributed by atoms with E-state index in [-0.39, 0.29) is 23.1 Å². The van der Waals surface area contributed by atoms with Crippen LogP contribution in [0.15, 0.2) is 79.1 Å². The number of rotatable bonds is 4. The molecule has 1 amide bonds. The van der Waals surface area contributed by atoms with Crippen molar-refractivity contribution in [1.82, 2.24) is 25.0 Å². The zero-order valence-electron chi connectivity index (χ0n) is 23.1. The highest BCUT2D eigenvalue weighted by molar-refractivity contribution is 5.94. The van der Waals surface area contributed by atoms with E-state index in [1.807, 2.05) is 0 Å². The Bertz CT molecular complexity index is 1690. The number of likely N-dealkylation sites (tertiary alicyclic amines) is 1. The van der Waals surface area contributed by atoms with Gasteiger partial charge in [-0.3, -0.25) is 9.78 Å². The molecular weight excluding hydrogens is 567 g/mol. The van der Waals surface area contributed by atoms with Crippen molar-refractivity contribution < 1.29 is 26.7 Å². The average molecular weight is 595 g/mol. The molecule has 2 saturated heterocycles. The molecule has 4 aromatic rings. The number of nitrogens with zero attached hydrogens (tertiary/aromatic N) is 5. The Morgan fingerprint density at radius 1 is 0.977 bits per heavy atom. The number of nitrogens with one attached hydrogen (secondary N) is 1. The van der Waals surface area contributed by atoms with Crippen molar-refractivity contribution in [2.45, 2.75) is 31.5 Å². The first kappa shape index (κ1) is 28.4. The lowest BCUT2D eigenvalue weighted by atomic mass is 9.84. The summed E-state index contributed by atoms with van der Waals surface area (Å²) in [5, 5.41) is 7.74. The van der Waals surface area contributed by atoms with Crippen LogP contribution in [0.5, 0.6) is 0 Å². The van der Waals surface area contributed by atoms with Crippen LogP contribution in [0.2, 0.25) is 0 Å². The molecule has 0 atom stereocenters. The second-order valence-electron chi connectivity index (χ2n) is 10.7. The normalized spacial score (nSPS) is 16.6. The van der Waals surface area contributed by atoms with Crippen LogP contribution < -0.4 is 10.2 Å². The Balaban J connectivity index is 1.30. The van der Waals surface area contributed by atoms with E-state index in [4.69, 9.17) is 0 Å². The molecule has 2 aliphatic heterocycles. The van der Waals surface area contributed by atoms with Gasteiger partial charge in [-0.05, 0) is 74.4 Å². The quantitative estimate of drug-likeness (QED) is 0.290. The molecular formula is C31H27F5N6O. The molecule has 1 spiro atoms. The lowest BCUT2D eigenvalue weighted by molar-refractivity contribution is -0.140. The molecule has 0 radical (unpaired) electrons. The molecule has 43 heavy (non-hydrogen) atoms. The molecule has 7 nitrogen and oxygen atoms in total. The summed E-state index contributed by atoms with van der Waals surface area (Å²) in [4.78, 5) is 21.8. The van der Waals surface area contributed by atoms with Crippen molar-refractivity contribution in [3.8, 4) is 16.9 Å². The zero-order chi connectivity index (χ0) is 30.5. The Morgan fingerprint density at radius 2 is 1.67 bits per heavy atom. The molecule has 2 aromatic heterocycles. The lowest BCUT2D eigenvalue weighted by Gasteiger charge is -2.45. The highest BCUT2D eigenvalue weighted by Gasteiger charge is 2.47. The van der Waals surface area contributed by atoms with Gasteiger partial charge in [-0.15, -0.1) is 0 Å². The van der Waals surface area contributed by atoms with Gasteiger partial charge in [0.05, 0.1) is 29.2 Å². The minimum Gasteiger partial charge on any atom is -0.370 e. The Hall–Kier alpha value is -4.74. The molecule has 2 aliphatic rings. The van der Waals surface area contributed by atoms with E-state index in [0.717, 1.165) is 29.2 Å². The summed E-state index contributed by atoms with van der Waals surface area (Å²) in [5.41, 5.74) is 1.57. The third-order valence-electron chi connectivity index (χ3n) is 8.18. The molecule has 222 valence electrons. The fraction of sp³-hybridized carbons (Fsp3) is 0.258. The van der Waals surface area contributed by atoms with E-state index < -0.39 is 23.1 Å². The number of carbonyl (C=O) groups excluding carboxylic acids is 1. The third-order valence-corrected chi connectivity index (χ3v) is 8.18. The summed E-state index contributed by atoms with van der Waals surface area (Å²) in [6.45, 7) is 7.27. The number of alkyl halides is 3. The van der Waals surface area contributed by atoms with Gasteiger partial charge in [0.1, 0.15) is 11.6 Å². The van der Waals surface area contributed by atoms with Crippen molar-refractivity contribution in [3.05, 3.63) is 108 Å². The van der Waals surface area contributed by atoms with E-state index in [2.05, 4.69) is 26.9 Å². The molecule has 0 bridgehead atoms. The van der Waals surface area contributed by atoms with E-state index >= 15 is 0 Å². The summed E-state index contributed by atoms with van der Waals surface area (Å²) >= 11 is 0. The highest BCUT2D eigenvalue weighted by Crippen LogP contribution is 2.41. The minimum absolute atomic E-state index is 0.0287. The van der Waals surface area contributed by atoms with Crippen molar-refractivity contribution in [2.24, 2.45) is 0 Å². The smallest absolute Gasteiger partial charge is 0.370 e. The van der Waals surface area contributed by atoms with E-state index in [1.54, 1.807) is 42.3 Å². The fourth-order valence-corrected chi connectivity index (χ4v) is 5.80. The molecule has 4 heterocycles. The van der Waals surface area contributed by atoms with Gasteiger partial charge in [-0.2, -0.15) is 18.3 Å². The molecule has 2 fully saturated rings. The first-order valence-corrected chi connectivity index (χ1v) is 13.6. The summed E-state index contributed by atoms with van der Waals surface area (Å²) in [6, 6.07) is 13.8. The second kappa shape index (κ2) is 10.5. The number of piperidine rings is 1. The van der Waals surface area contributed by atoms with Gasteiger partial charge in [0.25, 0.3) is 5.91 Å². The fourth-order valence-electron chi connectivity index (χ4n) is 5.80. The standard InChI is InChI=1S/C31H27F5N6O/c1-19-3-4-21(17-37-19)28-16-27(39-42(28)24-9-10-25(26(33)15-24)31(34,35)36)29(43)40-13-11-30(12-14-40)20(2)38-18-41(30)23-7-5-22(32)6-8-23/h3-10,15-17,38H,2,11-14,18H2,1H3. The van der Waals surface area contributed by atoms with Gasteiger partial charge in [0.15, 0.2) is 5.69 Å². The second-order valence-corrected chi connectivity index (χ2v) is 10.7. The third kappa shape index (κ3) is 5.10. The van der Waals surface area contributed by atoms with Gasteiger partial charge in [0.2, 0.25) is 0 Å². The molecule has 0 saturated carbocycles. The number of hydrogen-bond donors (Lipinski definition) is 1. The van der Waals surface area contributed by atoms with Crippen molar-refractivity contribution >= 4 is 11.6 Å². The maximum atomic E-state index is 14.5. The van der Waals surface area contributed by atoms with Crippen LogP contribution in [0.1, 0.15) is 34.6 Å². The monoisotopic (exact) mass is 594 g/mol. The number of amides is 1. The summed E-state index contributed by atoms with van der Waals surface area (Å²) < 4.78 is 69.0. The Morgan fingerprint density at radius 3 is 2.30 bits per heavy atom. The van der Waals surface area contributed by atoms with Crippen LogP contribution in [-0.4, -0.2) is 50.9 Å². The van der Waals surface area contributed by atoms with Crippen LogP contribution in [0.3, 0.4) is 0 Å². The maximum Gasteiger partial charge on any atom is 0.419 e. The van der Waals surface area contributed by atoms with Crippen LogP contribution in [0, 0.1) is 18.6 Å². The van der Waals surface area contributed by atoms with Gasteiger partial charge < -0.3 is 15.1 Å². The molecule has 12 heteroatoms. The summed E-state index contributed by atoms with van der Waals surface area (Å²) in [7, 11) is 0. The van der Waals surface area contributed by atoms with Crippen molar-refractivity contribution in [3.63, 3.8) is 0 Å². The average Bonchev–Trinajstić information content (AvgIpc) is 3.55. The zero-order valence-corrected chi connectivity index (χ0v) is 23.1. The van der Waals surface area contributed by atoms with Gasteiger partial charge >= 0.3 is 6.18 Å². The SMILES string of the molecule is C=C1NCN(c2ccc(F)cc2)C12CCN(C(=O)c1cc(-c3ccc(C)nc3)n(-c3ccc(C(F)(F)F)c(F)c3)n1)CC2. The first-order chi connectivity index (χ1) is 20.5. The number of anilines is 1. The molecule has 6 rings (SSSR count). The van der Waals surface area contributed by atoms with Crippen LogP contribution >= 0.6 is 0 Å². The predicted molar refractivity (Wildman–Crippen MR) is 150 cm³/mol. The highest BCUT2D eigenvalue weighted by atomic mass is 19.4. The van der Waals surface area contributed by atoms with Crippen LogP contribution in [0.4, 0.5) is 27.6 Å². The number of halogens is 5. The number of aryl methyl sites for hydroxylation is 1. The Kier molecular flexibility index (Phi) is 6.94. The number of benzene rings is 2. The van der Waals surface area contributed by atoms with E-state index in [0.29, 0.717) is 49.9 Å². The molecule has 0 aliphatic carbocycles. The first-order valence-electron chi connectivity index (χ1n) is 13.6. The molecule has 1 N–H and O–H groups in total. The molecule has 0 unspecified atom stereocenters. The van der Waals surface area contributed by atoms with Gasteiger partial charge in [-0.25, -0.2) is 13.5 Å². The predicted octanol–water partition coefficient (Wildman–Crippen LogP) is 6.10. The van der Waals surface area contributed by atoms with Gasteiger partial charge in [-0.1, -0.05) is 6.58 Å².